The molecule has 3 heteroatoms. The first-order valence-corrected chi connectivity index (χ1v) is 7.03. The molecule has 96 valence electrons. The summed E-state index contributed by atoms with van der Waals surface area (Å²) in [4.78, 5) is 0. The summed E-state index contributed by atoms with van der Waals surface area (Å²) < 4.78 is 1.04. The summed E-state index contributed by atoms with van der Waals surface area (Å²) in [5.41, 5.74) is 2.24. The molecular formula is C16H15BrN2. The third kappa shape index (κ3) is 4.42. The molecule has 2 aromatic carbocycles. The van der Waals surface area contributed by atoms with Crippen LogP contribution in [0.5, 0.6) is 0 Å². The van der Waals surface area contributed by atoms with Gasteiger partial charge in [0.05, 0.1) is 6.07 Å². The predicted octanol–water partition coefficient (Wildman–Crippen LogP) is 4.39. The van der Waals surface area contributed by atoms with Gasteiger partial charge in [0, 0.05) is 10.2 Å². The molecule has 2 rings (SSSR count). The summed E-state index contributed by atoms with van der Waals surface area (Å²) in [5, 5.41) is 12.4. The van der Waals surface area contributed by atoms with Crippen LogP contribution in [0.4, 0.5) is 5.69 Å². The summed E-state index contributed by atoms with van der Waals surface area (Å²) in [6.07, 6.45) is 1.71. The SMILES string of the molecule is N#CC(CCc1ccccc1)Nc1ccc(Br)cc1. The van der Waals surface area contributed by atoms with Gasteiger partial charge in [0.2, 0.25) is 0 Å². The average molecular weight is 315 g/mol. The van der Waals surface area contributed by atoms with Gasteiger partial charge in [-0.05, 0) is 42.7 Å². The van der Waals surface area contributed by atoms with Crippen LogP contribution < -0.4 is 5.32 Å². The first-order valence-electron chi connectivity index (χ1n) is 6.23. The summed E-state index contributed by atoms with van der Waals surface area (Å²) in [6.45, 7) is 0. The zero-order chi connectivity index (χ0) is 13.5. The minimum absolute atomic E-state index is 0.165. The lowest BCUT2D eigenvalue weighted by atomic mass is 10.1. The number of halogens is 1. The van der Waals surface area contributed by atoms with Crippen molar-refractivity contribution < 1.29 is 0 Å². The minimum Gasteiger partial charge on any atom is -0.370 e. The highest BCUT2D eigenvalue weighted by Crippen LogP contribution is 2.16. The van der Waals surface area contributed by atoms with E-state index in [4.69, 9.17) is 0 Å². The first-order chi connectivity index (χ1) is 9.28. The lowest BCUT2D eigenvalue weighted by Gasteiger charge is -2.13. The third-order valence-electron chi connectivity index (χ3n) is 2.91. The van der Waals surface area contributed by atoms with Gasteiger partial charge in [-0.3, -0.25) is 0 Å². The van der Waals surface area contributed by atoms with E-state index >= 15 is 0 Å². The molecule has 0 aliphatic rings. The van der Waals surface area contributed by atoms with Gasteiger partial charge in [-0.2, -0.15) is 5.26 Å². The number of benzene rings is 2. The van der Waals surface area contributed by atoms with Crippen LogP contribution in [0.15, 0.2) is 59.1 Å². The van der Waals surface area contributed by atoms with Gasteiger partial charge in [-0.1, -0.05) is 46.3 Å². The maximum atomic E-state index is 9.20. The van der Waals surface area contributed by atoms with Crippen molar-refractivity contribution >= 4 is 21.6 Å². The molecular weight excluding hydrogens is 300 g/mol. The Morgan fingerprint density at radius 1 is 1.05 bits per heavy atom. The number of anilines is 1. The van der Waals surface area contributed by atoms with E-state index in [0.29, 0.717) is 0 Å². The van der Waals surface area contributed by atoms with Gasteiger partial charge < -0.3 is 5.32 Å². The number of nitriles is 1. The van der Waals surface area contributed by atoms with Crippen molar-refractivity contribution in [1.82, 2.24) is 0 Å². The number of nitrogens with one attached hydrogen (secondary N) is 1. The maximum absolute atomic E-state index is 9.20. The highest BCUT2D eigenvalue weighted by Gasteiger charge is 2.07. The second-order valence-corrected chi connectivity index (χ2v) is 5.27. The van der Waals surface area contributed by atoms with Crippen molar-refractivity contribution in [1.29, 1.82) is 5.26 Å². The van der Waals surface area contributed by atoms with Gasteiger partial charge in [-0.25, -0.2) is 0 Å². The quantitative estimate of drug-likeness (QED) is 0.888. The van der Waals surface area contributed by atoms with E-state index in [9.17, 15) is 5.26 Å². The number of hydrogen-bond acceptors (Lipinski definition) is 2. The highest BCUT2D eigenvalue weighted by molar-refractivity contribution is 9.10. The molecule has 1 atom stereocenters. The van der Waals surface area contributed by atoms with Gasteiger partial charge in [0.15, 0.2) is 0 Å². The molecule has 1 N–H and O–H groups in total. The summed E-state index contributed by atoms with van der Waals surface area (Å²) in [6, 6.07) is 20.3. The Balaban J connectivity index is 1.90. The fourth-order valence-corrected chi connectivity index (χ4v) is 2.14. The van der Waals surface area contributed by atoms with Crippen LogP contribution in [0.1, 0.15) is 12.0 Å². The monoisotopic (exact) mass is 314 g/mol. The van der Waals surface area contributed by atoms with E-state index in [2.05, 4.69) is 39.4 Å². The molecule has 0 radical (unpaired) electrons. The van der Waals surface area contributed by atoms with Crippen LogP contribution in [0, 0.1) is 11.3 Å². The number of rotatable bonds is 5. The Bertz CT molecular complexity index is 543. The molecule has 0 spiro atoms. The zero-order valence-corrected chi connectivity index (χ0v) is 12.1. The molecule has 0 bridgehead atoms. The molecule has 0 aromatic heterocycles. The molecule has 0 saturated heterocycles. The smallest absolute Gasteiger partial charge is 0.114 e. The third-order valence-corrected chi connectivity index (χ3v) is 3.43. The molecule has 0 aliphatic heterocycles. The second-order valence-electron chi connectivity index (χ2n) is 4.36. The molecule has 19 heavy (non-hydrogen) atoms. The number of aryl methyl sites for hydroxylation is 1. The largest absolute Gasteiger partial charge is 0.370 e. The molecule has 0 fully saturated rings. The number of nitrogens with zero attached hydrogens (tertiary/aromatic N) is 1. The van der Waals surface area contributed by atoms with Crippen LogP contribution in [0.25, 0.3) is 0 Å². The standard InChI is InChI=1S/C16H15BrN2/c17-14-7-10-15(11-8-14)19-16(12-18)9-6-13-4-2-1-3-5-13/h1-5,7-8,10-11,16,19H,6,9H2. The predicted molar refractivity (Wildman–Crippen MR) is 81.9 cm³/mol. The fraction of sp³-hybridized carbons (Fsp3) is 0.188. The van der Waals surface area contributed by atoms with Gasteiger partial charge in [0.1, 0.15) is 6.04 Å². The van der Waals surface area contributed by atoms with Gasteiger partial charge in [0.25, 0.3) is 0 Å². The van der Waals surface area contributed by atoms with Crippen LogP contribution in [-0.4, -0.2) is 6.04 Å². The van der Waals surface area contributed by atoms with E-state index in [1.54, 1.807) is 0 Å². The van der Waals surface area contributed by atoms with Crippen molar-refractivity contribution in [3.63, 3.8) is 0 Å². The van der Waals surface area contributed by atoms with Crippen LogP contribution >= 0.6 is 15.9 Å². The lowest BCUT2D eigenvalue weighted by molar-refractivity contribution is 0.769. The average Bonchev–Trinajstić information content (AvgIpc) is 2.46. The normalized spacial score (nSPS) is 11.6. The van der Waals surface area contributed by atoms with Crippen molar-refractivity contribution in [3.05, 3.63) is 64.6 Å². The van der Waals surface area contributed by atoms with Crippen LogP contribution in [0.2, 0.25) is 0 Å². The molecule has 0 amide bonds. The van der Waals surface area contributed by atoms with E-state index in [1.165, 1.54) is 5.56 Å². The zero-order valence-electron chi connectivity index (χ0n) is 10.5. The molecule has 2 nitrogen and oxygen atoms in total. The minimum atomic E-state index is -0.165. The van der Waals surface area contributed by atoms with E-state index < -0.39 is 0 Å². The Labute approximate surface area is 122 Å². The maximum Gasteiger partial charge on any atom is 0.114 e. The molecule has 0 saturated carbocycles. The highest BCUT2D eigenvalue weighted by atomic mass is 79.9. The lowest BCUT2D eigenvalue weighted by Crippen LogP contribution is -2.17. The van der Waals surface area contributed by atoms with E-state index in [-0.39, 0.29) is 6.04 Å². The Morgan fingerprint density at radius 3 is 2.37 bits per heavy atom. The molecule has 1 unspecified atom stereocenters. The van der Waals surface area contributed by atoms with Crippen molar-refractivity contribution in [2.45, 2.75) is 18.9 Å². The topological polar surface area (TPSA) is 35.8 Å². The second kappa shape index (κ2) is 6.96. The Morgan fingerprint density at radius 2 is 1.74 bits per heavy atom. The molecule has 0 aliphatic carbocycles. The van der Waals surface area contributed by atoms with Crippen LogP contribution in [0.3, 0.4) is 0 Å². The van der Waals surface area contributed by atoms with Crippen LogP contribution in [-0.2, 0) is 6.42 Å². The number of hydrogen-bond donors (Lipinski definition) is 1. The summed E-state index contributed by atoms with van der Waals surface area (Å²) in [7, 11) is 0. The summed E-state index contributed by atoms with van der Waals surface area (Å²) in [5.74, 6) is 0. The van der Waals surface area contributed by atoms with Crippen molar-refractivity contribution in [2.24, 2.45) is 0 Å². The fourth-order valence-electron chi connectivity index (χ4n) is 1.87. The van der Waals surface area contributed by atoms with Crippen molar-refractivity contribution in [3.8, 4) is 6.07 Å². The van der Waals surface area contributed by atoms with Crippen molar-refractivity contribution in [2.75, 3.05) is 5.32 Å². The molecule has 0 heterocycles. The van der Waals surface area contributed by atoms with E-state index in [0.717, 1.165) is 23.0 Å². The van der Waals surface area contributed by atoms with Gasteiger partial charge in [-0.15, -0.1) is 0 Å². The Hall–Kier alpha value is -1.79. The summed E-state index contributed by atoms with van der Waals surface area (Å²) >= 11 is 3.40. The van der Waals surface area contributed by atoms with E-state index in [1.807, 2.05) is 42.5 Å². The molecule has 2 aromatic rings. The Kier molecular flexibility index (Phi) is 5.00. The van der Waals surface area contributed by atoms with Gasteiger partial charge >= 0.3 is 0 Å². The first kappa shape index (κ1) is 13.6.